The highest BCUT2D eigenvalue weighted by Gasteiger charge is 2.19. The molecule has 0 fully saturated rings. The first-order valence-corrected chi connectivity index (χ1v) is 4.49. The smallest absolute Gasteiger partial charge is 0.267 e. The SMILES string of the molecule is [C-]#[N+]c1c(C#N)nc(C(C)CC)n1C. The molecule has 1 heterocycles. The van der Waals surface area contributed by atoms with Crippen LogP contribution < -0.4 is 0 Å². The molecule has 0 saturated heterocycles. The molecule has 1 aromatic rings. The molecule has 1 atom stereocenters. The summed E-state index contributed by atoms with van der Waals surface area (Å²) in [5.74, 6) is 1.43. The summed E-state index contributed by atoms with van der Waals surface area (Å²) in [5.41, 5.74) is 0.234. The lowest BCUT2D eigenvalue weighted by atomic mass is 10.1. The third kappa shape index (κ3) is 1.47. The fraction of sp³-hybridized carbons (Fsp3) is 0.500. The van der Waals surface area contributed by atoms with Crippen LogP contribution in [0.25, 0.3) is 4.85 Å². The number of rotatable bonds is 2. The predicted molar refractivity (Wildman–Crippen MR) is 52.9 cm³/mol. The second-order valence-corrected chi connectivity index (χ2v) is 3.23. The molecular formula is C10H12N4. The molecule has 0 N–H and O–H groups in total. The first kappa shape index (κ1) is 10.3. The van der Waals surface area contributed by atoms with Crippen molar-refractivity contribution in [3.8, 4) is 6.07 Å². The van der Waals surface area contributed by atoms with Gasteiger partial charge in [-0.05, 0) is 6.42 Å². The largest absolute Gasteiger partial charge is 0.361 e. The molecule has 1 aromatic heterocycles. The molecule has 0 aliphatic heterocycles. The molecule has 0 aromatic carbocycles. The van der Waals surface area contributed by atoms with Gasteiger partial charge in [0, 0.05) is 5.92 Å². The summed E-state index contributed by atoms with van der Waals surface area (Å²) in [6, 6.07) is 1.94. The molecule has 0 aliphatic carbocycles. The van der Waals surface area contributed by atoms with Crippen LogP contribution in [0, 0.1) is 17.9 Å². The van der Waals surface area contributed by atoms with Crippen LogP contribution in [0.1, 0.15) is 37.7 Å². The fourth-order valence-corrected chi connectivity index (χ4v) is 1.33. The zero-order valence-corrected chi connectivity index (χ0v) is 8.57. The maximum absolute atomic E-state index is 8.77. The normalized spacial score (nSPS) is 11.8. The van der Waals surface area contributed by atoms with E-state index in [1.165, 1.54) is 0 Å². The number of hydrogen-bond acceptors (Lipinski definition) is 2. The summed E-state index contributed by atoms with van der Waals surface area (Å²) in [4.78, 5) is 7.46. The van der Waals surface area contributed by atoms with Crippen LogP contribution in [0.4, 0.5) is 5.82 Å². The monoisotopic (exact) mass is 188 g/mol. The lowest BCUT2D eigenvalue weighted by Gasteiger charge is -2.04. The van der Waals surface area contributed by atoms with E-state index in [2.05, 4.69) is 16.8 Å². The van der Waals surface area contributed by atoms with E-state index >= 15 is 0 Å². The van der Waals surface area contributed by atoms with Gasteiger partial charge in [0.15, 0.2) is 11.5 Å². The van der Waals surface area contributed by atoms with Gasteiger partial charge >= 0.3 is 0 Å². The van der Waals surface area contributed by atoms with Crippen molar-refractivity contribution in [2.45, 2.75) is 26.2 Å². The van der Waals surface area contributed by atoms with Gasteiger partial charge in [0.05, 0.1) is 7.05 Å². The van der Waals surface area contributed by atoms with Crippen LogP contribution in [-0.2, 0) is 7.05 Å². The number of nitriles is 1. The van der Waals surface area contributed by atoms with Gasteiger partial charge in [-0.2, -0.15) is 5.26 Å². The van der Waals surface area contributed by atoms with Crippen LogP contribution in [0.5, 0.6) is 0 Å². The maximum Gasteiger partial charge on any atom is 0.267 e. The van der Waals surface area contributed by atoms with E-state index in [0.29, 0.717) is 5.82 Å². The lowest BCUT2D eigenvalue weighted by molar-refractivity contribution is 0.645. The van der Waals surface area contributed by atoms with Crippen molar-refractivity contribution >= 4 is 5.82 Å². The molecule has 0 radical (unpaired) electrons. The maximum atomic E-state index is 8.77. The summed E-state index contributed by atoms with van der Waals surface area (Å²) >= 11 is 0. The van der Waals surface area contributed by atoms with Crippen molar-refractivity contribution in [2.75, 3.05) is 0 Å². The number of hydrogen-bond donors (Lipinski definition) is 0. The highest BCUT2D eigenvalue weighted by Crippen LogP contribution is 2.25. The second kappa shape index (κ2) is 3.93. The third-order valence-electron chi connectivity index (χ3n) is 2.36. The van der Waals surface area contributed by atoms with E-state index in [0.717, 1.165) is 12.2 Å². The first-order valence-electron chi connectivity index (χ1n) is 4.49. The van der Waals surface area contributed by atoms with Gasteiger partial charge in [0.2, 0.25) is 0 Å². The van der Waals surface area contributed by atoms with E-state index in [9.17, 15) is 0 Å². The Morgan fingerprint density at radius 1 is 1.71 bits per heavy atom. The van der Waals surface area contributed by atoms with Crippen molar-refractivity contribution < 1.29 is 0 Å². The molecule has 14 heavy (non-hydrogen) atoms. The minimum absolute atomic E-state index is 0.234. The zero-order chi connectivity index (χ0) is 10.7. The molecule has 1 rings (SSSR count). The number of nitrogens with zero attached hydrogens (tertiary/aromatic N) is 4. The van der Waals surface area contributed by atoms with E-state index in [1.54, 1.807) is 11.6 Å². The van der Waals surface area contributed by atoms with Crippen molar-refractivity contribution in [1.29, 1.82) is 5.26 Å². The summed E-state index contributed by atoms with van der Waals surface area (Å²) < 4.78 is 1.71. The van der Waals surface area contributed by atoms with Gasteiger partial charge < -0.3 is 4.85 Å². The van der Waals surface area contributed by atoms with E-state index in [4.69, 9.17) is 11.8 Å². The van der Waals surface area contributed by atoms with Crippen LogP contribution in [0.2, 0.25) is 0 Å². The van der Waals surface area contributed by atoms with Gasteiger partial charge in [-0.1, -0.05) is 20.4 Å². The zero-order valence-electron chi connectivity index (χ0n) is 8.57. The Morgan fingerprint density at radius 3 is 2.71 bits per heavy atom. The standard InChI is InChI=1S/C10H12N4/c1-5-7(2)9-13-8(6-11)10(12-3)14(9)4/h7H,5H2,1-2,4H3. The summed E-state index contributed by atoms with van der Waals surface area (Å²) in [5, 5.41) is 8.77. The molecule has 4 nitrogen and oxygen atoms in total. The van der Waals surface area contributed by atoms with Crippen molar-refractivity contribution in [2.24, 2.45) is 7.05 Å². The predicted octanol–water partition coefficient (Wildman–Crippen LogP) is 2.36. The minimum Gasteiger partial charge on any atom is -0.361 e. The number of aromatic nitrogens is 2. The molecule has 0 amide bonds. The van der Waals surface area contributed by atoms with Crippen LogP contribution in [-0.4, -0.2) is 9.55 Å². The Labute approximate surface area is 83.6 Å². The van der Waals surface area contributed by atoms with Crippen LogP contribution in [0.3, 0.4) is 0 Å². The molecule has 72 valence electrons. The lowest BCUT2D eigenvalue weighted by Crippen LogP contribution is -2.01. The average molecular weight is 188 g/mol. The number of imidazole rings is 1. The molecule has 0 spiro atoms. The average Bonchev–Trinajstić information content (AvgIpc) is 2.53. The van der Waals surface area contributed by atoms with Crippen LogP contribution in [0.15, 0.2) is 0 Å². The summed E-state index contributed by atoms with van der Waals surface area (Å²) in [7, 11) is 1.78. The minimum atomic E-state index is 0.234. The highest BCUT2D eigenvalue weighted by molar-refractivity contribution is 5.51. The fourth-order valence-electron chi connectivity index (χ4n) is 1.33. The van der Waals surface area contributed by atoms with Gasteiger partial charge in [-0.15, -0.1) is 0 Å². The highest BCUT2D eigenvalue weighted by atomic mass is 15.1. The van der Waals surface area contributed by atoms with Crippen molar-refractivity contribution in [3.63, 3.8) is 0 Å². The molecule has 4 heteroatoms. The molecule has 0 bridgehead atoms. The van der Waals surface area contributed by atoms with Gasteiger partial charge in [-0.3, -0.25) is 4.57 Å². The van der Waals surface area contributed by atoms with Gasteiger partial charge in [-0.25, -0.2) is 4.98 Å². The molecule has 1 unspecified atom stereocenters. The topological polar surface area (TPSA) is 46.0 Å². The first-order chi connectivity index (χ1) is 6.65. The Balaban J connectivity index is 3.31. The molecule has 0 aliphatic rings. The van der Waals surface area contributed by atoms with Gasteiger partial charge in [0.1, 0.15) is 6.07 Å². The Kier molecular flexibility index (Phi) is 2.89. The van der Waals surface area contributed by atoms with E-state index in [-0.39, 0.29) is 11.6 Å². The van der Waals surface area contributed by atoms with Crippen molar-refractivity contribution in [3.05, 3.63) is 22.9 Å². The summed E-state index contributed by atoms with van der Waals surface area (Å²) in [6.45, 7) is 11.1. The third-order valence-corrected chi connectivity index (χ3v) is 2.36. The van der Waals surface area contributed by atoms with Crippen molar-refractivity contribution in [1.82, 2.24) is 9.55 Å². The van der Waals surface area contributed by atoms with E-state index in [1.807, 2.05) is 13.0 Å². The second-order valence-electron chi connectivity index (χ2n) is 3.23. The molecular weight excluding hydrogens is 176 g/mol. The van der Waals surface area contributed by atoms with Crippen LogP contribution >= 0.6 is 0 Å². The Hall–Kier alpha value is -1.81. The molecule has 0 saturated carbocycles. The summed E-state index contributed by atoms with van der Waals surface area (Å²) in [6.07, 6.45) is 0.952. The Morgan fingerprint density at radius 2 is 2.36 bits per heavy atom. The van der Waals surface area contributed by atoms with Gasteiger partial charge in [0.25, 0.3) is 5.82 Å². The quantitative estimate of drug-likeness (QED) is 0.669. The van der Waals surface area contributed by atoms with E-state index < -0.39 is 0 Å². The Bertz CT molecular complexity index is 417.